The van der Waals surface area contributed by atoms with E-state index in [4.69, 9.17) is 9.47 Å². The topological polar surface area (TPSA) is 65.4 Å². The normalized spacial score (nSPS) is 16.1. The third-order valence-electron chi connectivity index (χ3n) is 4.54. The van der Waals surface area contributed by atoms with Gasteiger partial charge in [0, 0.05) is 24.1 Å². The first-order valence-electron chi connectivity index (χ1n) is 8.86. The molecule has 4 rings (SSSR count). The highest BCUT2D eigenvalue weighted by molar-refractivity contribution is 9.10. The first-order chi connectivity index (χ1) is 13.3. The van der Waals surface area contributed by atoms with Crippen molar-refractivity contribution in [1.82, 2.24) is 9.78 Å². The van der Waals surface area contributed by atoms with E-state index in [0.29, 0.717) is 36.1 Å². The van der Waals surface area contributed by atoms with E-state index < -0.39 is 11.9 Å². The minimum absolute atomic E-state index is 0.000418. The standard InChI is InChI=1S/C18H17BrF3N3O3/c19-15-16(10-1-2-10)25(24-17(15)18(20,21)22)6-5-14(26)23-11-3-4-12-13(9-11)28-8-7-27-12/h3-4,9-10H,1-2,5-8H2,(H,23,26). The van der Waals surface area contributed by atoms with Crippen molar-refractivity contribution in [3.63, 3.8) is 0 Å². The van der Waals surface area contributed by atoms with E-state index in [9.17, 15) is 18.0 Å². The summed E-state index contributed by atoms with van der Waals surface area (Å²) in [7, 11) is 0. The average Bonchev–Trinajstić information content (AvgIpc) is 3.42. The molecule has 0 bridgehead atoms. The van der Waals surface area contributed by atoms with Crippen molar-refractivity contribution in [1.29, 1.82) is 0 Å². The van der Waals surface area contributed by atoms with Crippen LogP contribution in [-0.4, -0.2) is 28.9 Å². The number of halogens is 4. The second-order valence-electron chi connectivity index (χ2n) is 6.70. The lowest BCUT2D eigenvalue weighted by Crippen LogP contribution is -2.18. The predicted molar refractivity (Wildman–Crippen MR) is 97.6 cm³/mol. The Morgan fingerprint density at radius 1 is 1.25 bits per heavy atom. The fourth-order valence-corrected chi connectivity index (χ4v) is 3.94. The fraction of sp³-hybridized carbons (Fsp3) is 0.444. The van der Waals surface area contributed by atoms with Crippen molar-refractivity contribution in [2.24, 2.45) is 0 Å². The van der Waals surface area contributed by atoms with Gasteiger partial charge in [0.25, 0.3) is 0 Å². The first kappa shape index (κ1) is 19.1. The molecule has 28 heavy (non-hydrogen) atoms. The highest BCUT2D eigenvalue weighted by Crippen LogP contribution is 2.47. The van der Waals surface area contributed by atoms with Crippen molar-refractivity contribution in [2.45, 2.75) is 37.9 Å². The minimum atomic E-state index is -4.54. The monoisotopic (exact) mass is 459 g/mol. The van der Waals surface area contributed by atoms with Crippen LogP contribution in [0.1, 0.15) is 36.6 Å². The quantitative estimate of drug-likeness (QED) is 0.721. The van der Waals surface area contributed by atoms with Crippen molar-refractivity contribution < 1.29 is 27.4 Å². The summed E-state index contributed by atoms with van der Waals surface area (Å²) in [5.41, 5.74) is 0.107. The van der Waals surface area contributed by atoms with Crippen LogP contribution >= 0.6 is 15.9 Å². The number of rotatable bonds is 5. The summed E-state index contributed by atoms with van der Waals surface area (Å²) in [5.74, 6) is 0.891. The Balaban J connectivity index is 1.44. The molecule has 1 aliphatic carbocycles. The van der Waals surface area contributed by atoms with E-state index in [0.717, 1.165) is 12.8 Å². The summed E-state index contributed by atoms with van der Waals surface area (Å²) in [6.45, 7) is 0.975. The Morgan fingerprint density at radius 2 is 1.96 bits per heavy atom. The van der Waals surface area contributed by atoms with Crippen molar-refractivity contribution in [3.8, 4) is 11.5 Å². The smallest absolute Gasteiger partial charge is 0.436 e. The molecule has 6 nitrogen and oxygen atoms in total. The highest BCUT2D eigenvalue weighted by Gasteiger charge is 2.41. The lowest BCUT2D eigenvalue weighted by Gasteiger charge is -2.19. The molecule has 0 atom stereocenters. The van der Waals surface area contributed by atoms with E-state index in [1.54, 1.807) is 18.2 Å². The van der Waals surface area contributed by atoms with E-state index in [2.05, 4.69) is 26.3 Å². The molecule has 0 spiro atoms. The number of ether oxygens (including phenoxy) is 2. The molecule has 150 valence electrons. The van der Waals surface area contributed by atoms with E-state index in [1.807, 2.05) is 0 Å². The Kier molecular flexibility index (Phi) is 4.98. The summed E-state index contributed by atoms with van der Waals surface area (Å²) in [6, 6.07) is 5.05. The van der Waals surface area contributed by atoms with Crippen LogP contribution in [0.3, 0.4) is 0 Å². The van der Waals surface area contributed by atoms with Gasteiger partial charge in [0.2, 0.25) is 5.91 Å². The van der Waals surface area contributed by atoms with E-state index in [-0.39, 0.29) is 29.3 Å². The second kappa shape index (κ2) is 7.31. The third kappa shape index (κ3) is 3.96. The minimum Gasteiger partial charge on any atom is -0.486 e. The van der Waals surface area contributed by atoms with Crippen LogP contribution in [0.4, 0.5) is 18.9 Å². The van der Waals surface area contributed by atoms with Gasteiger partial charge >= 0.3 is 6.18 Å². The molecule has 2 aliphatic rings. The number of aromatic nitrogens is 2. The van der Waals surface area contributed by atoms with E-state index >= 15 is 0 Å². The molecule has 1 aromatic heterocycles. The zero-order valence-corrected chi connectivity index (χ0v) is 16.3. The molecule has 1 saturated carbocycles. The lowest BCUT2D eigenvalue weighted by molar-refractivity contribution is -0.142. The molecular weight excluding hydrogens is 443 g/mol. The molecule has 2 heterocycles. The van der Waals surface area contributed by atoms with Crippen LogP contribution < -0.4 is 14.8 Å². The summed E-state index contributed by atoms with van der Waals surface area (Å²) in [4.78, 5) is 12.3. The van der Waals surface area contributed by atoms with Crippen molar-refractivity contribution in [2.75, 3.05) is 18.5 Å². The van der Waals surface area contributed by atoms with Gasteiger partial charge < -0.3 is 14.8 Å². The number of fused-ring (bicyclic) bond motifs is 1. The number of aryl methyl sites for hydroxylation is 1. The zero-order valence-electron chi connectivity index (χ0n) is 14.7. The Bertz CT molecular complexity index is 909. The predicted octanol–water partition coefficient (Wildman–Crippen LogP) is 4.34. The molecule has 2 aromatic rings. The summed E-state index contributed by atoms with van der Waals surface area (Å²) in [5, 5.41) is 6.44. The molecule has 1 aromatic carbocycles. The summed E-state index contributed by atoms with van der Waals surface area (Å²) < 4.78 is 51.6. The number of anilines is 1. The molecule has 1 amide bonds. The van der Waals surface area contributed by atoms with Crippen LogP contribution in [0.2, 0.25) is 0 Å². The number of hydrogen-bond donors (Lipinski definition) is 1. The number of nitrogens with one attached hydrogen (secondary N) is 1. The van der Waals surface area contributed by atoms with Crippen LogP contribution in [0.15, 0.2) is 22.7 Å². The van der Waals surface area contributed by atoms with Crippen LogP contribution in [0.25, 0.3) is 0 Å². The summed E-state index contributed by atoms with van der Waals surface area (Å²) in [6.07, 6.45) is -2.89. The van der Waals surface area contributed by atoms with Crippen molar-refractivity contribution >= 4 is 27.5 Å². The number of hydrogen-bond acceptors (Lipinski definition) is 4. The number of nitrogens with zero attached hydrogens (tertiary/aromatic N) is 2. The molecule has 1 aliphatic heterocycles. The maximum atomic E-state index is 13.1. The molecule has 10 heteroatoms. The lowest BCUT2D eigenvalue weighted by atomic mass is 10.2. The maximum absolute atomic E-state index is 13.1. The maximum Gasteiger partial charge on any atom is 0.436 e. The molecule has 0 saturated heterocycles. The van der Waals surface area contributed by atoms with Crippen molar-refractivity contribution in [3.05, 3.63) is 34.1 Å². The van der Waals surface area contributed by atoms with Crippen LogP contribution in [0, 0.1) is 0 Å². The summed E-state index contributed by atoms with van der Waals surface area (Å²) >= 11 is 3.04. The fourth-order valence-electron chi connectivity index (χ4n) is 3.10. The second-order valence-corrected chi connectivity index (χ2v) is 7.49. The Hall–Kier alpha value is -2.23. The van der Waals surface area contributed by atoms with Gasteiger partial charge in [-0.3, -0.25) is 9.48 Å². The van der Waals surface area contributed by atoms with Gasteiger partial charge in [-0.15, -0.1) is 0 Å². The Labute approximate surface area is 167 Å². The number of carbonyl (C=O) groups is 1. The largest absolute Gasteiger partial charge is 0.486 e. The molecule has 0 radical (unpaired) electrons. The number of carbonyl (C=O) groups excluding carboxylic acids is 1. The Morgan fingerprint density at radius 3 is 2.64 bits per heavy atom. The number of alkyl halides is 3. The van der Waals surface area contributed by atoms with Gasteiger partial charge in [0.1, 0.15) is 13.2 Å². The molecular formula is C18H17BrF3N3O3. The van der Waals surface area contributed by atoms with Gasteiger partial charge in [-0.1, -0.05) is 0 Å². The molecule has 0 unspecified atom stereocenters. The van der Waals surface area contributed by atoms with Gasteiger partial charge in [0.15, 0.2) is 17.2 Å². The van der Waals surface area contributed by atoms with E-state index in [1.165, 1.54) is 4.68 Å². The highest BCUT2D eigenvalue weighted by atomic mass is 79.9. The first-order valence-corrected chi connectivity index (χ1v) is 9.65. The number of amides is 1. The SMILES string of the molecule is O=C(CCn1nc(C(F)(F)F)c(Br)c1C1CC1)Nc1ccc2c(c1)OCCO2. The molecule has 1 fully saturated rings. The number of benzene rings is 1. The average molecular weight is 460 g/mol. The van der Waals surface area contributed by atoms with Gasteiger partial charge in [-0.25, -0.2) is 0 Å². The van der Waals surface area contributed by atoms with Gasteiger partial charge in [0.05, 0.1) is 16.7 Å². The van der Waals surface area contributed by atoms with Crippen LogP contribution in [-0.2, 0) is 17.5 Å². The van der Waals surface area contributed by atoms with Gasteiger partial charge in [-0.2, -0.15) is 18.3 Å². The third-order valence-corrected chi connectivity index (χ3v) is 5.32. The zero-order chi connectivity index (χ0) is 19.9. The molecule has 1 N–H and O–H groups in total. The van der Waals surface area contributed by atoms with Crippen LogP contribution in [0.5, 0.6) is 11.5 Å². The van der Waals surface area contributed by atoms with Gasteiger partial charge in [-0.05, 0) is 40.9 Å².